The Labute approximate surface area is 114 Å². The molecule has 0 aromatic carbocycles. The minimum absolute atomic E-state index is 0. The Balaban J connectivity index is -0.0000000150. The van der Waals surface area contributed by atoms with Crippen LogP contribution in [0.4, 0.5) is 0 Å². The van der Waals surface area contributed by atoms with Crippen LogP contribution in [0.5, 0.6) is 0 Å². The van der Waals surface area contributed by atoms with Gasteiger partial charge in [0.15, 0.2) is 0 Å². The minimum atomic E-state index is 0. The third-order valence-electron chi connectivity index (χ3n) is 0. The van der Waals surface area contributed by atoms with E-state index in [0.717, 1.165) is 0 Å². The predicted molar refractivity (Wildman–Crippen MR) is 47.9 cm³/mol. The maximum Gasteiger partial charge on any atom is 2.00 e. The van der Waals surface area contributed by atoms with Crippen LogP contribution >= 0.6 is 36.7 Å². The van der Waals surface area contributed by atoms with Gasteiger partial charge in [-0.25, -0.2) is 0 Å². The van der Waals surface area contributed by atoms with Crippen molar-refractivity contribution in [2.45, 2.75) is 0 Å². The second-order valence-electron chi connectivity index (χ2n) is 0.274. The van der Waals surface area contributed by atoms with Crippen molar-refractivity contribution in [2.75, 3.05) is 0 Å². The van der Waals surface area contributed by atoms with Gasteiger partial charge in [0, 0.05) is 0 Å². The zero-order valence-corrected chi connectivity index (χ0v) is 11.1. The molecule has 0 unspecified atom stereocenters. The minimum Gasteiger partial charge on any atom is -0.753 e. The quantitative estimate of drug-likeness (QED) is 0.315. The second-order valence-corrected chi connectivity index (χ2v) is 0.822. The van der Waals surface area contributed by atoms with Crippen molar-refractivity contribution in [2.24, 2.45) is 0 Å². The first-order valence-electron chi connectivity index (χ1n) is 1.28. The Morgan fingerprint density at radius 2 is 0.727 bits per heavy atom. The van der Waals surface area contributed by atoms with Crippen molar-refractivity contribution in [3.05, 3.63) is 16.2 Å². The maximum absolute atomic E-state index is 7.13. The van der Waals surface area contributed by atoms with Crippen molar-refractivity contribution in [1.29, 1.82) is 0 Å². The molecule has 0 saturated heterocycles. The molecule has 0 aliphatic carbocycles. The topological polar surface area (TPSA) is 66.9 Å². The molecule has 0 aliphatic heterocycles. The molecule has 0 amide bonds. The van der Waals surface area contributed by atoms with E-state index in [1.807, 2.05) is 0 Å². The smallest absolute Gasteiger partial charge is 0.753 e. The molecule has 0 aromatic heterocycles. The van der Waals surface area contributed by atoms with Crippen LogP contribution in [-0.4, -0.2) is 15.5 Å². The molecular weight excluding hydrogens is 252 g/mol. The summed E-state index contributed by atoms with van der Waals surface area (Å²) in [7, 11) is 0. The summed E-state index contributed by atoms with van der Waals surface area (Å²) in [6.07, 6.45) is 0. The predicted octanol–water partition coefficient (Wildman–Crippen LogP) is -1.02. The standard InChI is InChI=1S/3CNS.Mn.Na/c3*2-1-3;;/q3*-1;+2;+1. The molecule has 0 N–H and O–H groups in total. The van der Waals surface area contributed by atoms with Crippen LogP contribution in [0.2, 0.25) is 0 Å². The number of rotatable bonds is 0. The largest absolute Gasteiger partial charge is 2.00 e. The van der Waals surface area contributed by atoms with Crippen molar-refractivity contribution in [3.63, 3.8) is 0 Å². The van der Waals surface area contributed by atoms with Gasteiger partial charge in [-0.15, -0.1) is 0 Å². The molecule has 0 saturated carbocycles. The molecule has 11 heavy (non-hydrogen) atoms. The molecule has 0 atom stereocenters. The average Bonchev–Trinajstić information content (AvgIpc) is 1.70. The average molecular weight is 252 g/mol. The van der Waals surface area contributed by atoms with Crippen LogP contribution < -0.4 is 29.6 Å². The van der Waals surface area contributed by atoms with E-state index in [2.05, 4.69) is 36.7 Å². The van der Waals surface area contributed by atoms with Crippen LogP contribution in [0.3, 0.4) is 0 Å². The van der Waals surface area contributed by atoms with Crippen molar-refractivity contribution in [1.82, 2.24) is 0 Å². The fraction of sp³-hybridized carbons (Fsp3) is 0. The van der Waals surface area contributed by atoms with Crippen molar-refractivity contribution >= 4 is 52.1 Å². The van der Waals surface area contributed by atoms with Crippen LogP contribution in [0, 0.1) is 0 Å². The van der Waals surface area contributed by atoms with E-state index in [4.69, 9.17) is 16.2 Å². The summed E-state index contributed by atoms with van der Waals surface area (Å²) in [5.74, 6) is 0. The summed E-state index contributed by atoms with van der Waals surface area (Å²) < 4.78 is 0. The molecule has 8 heteroatoms. The van der Waals surface area contributed by atoms with E-state index in [1.165, 1.54) is 15.5 Å². The van der Waals surface area contributed by atoms with E-state index in [0.29, 0.717) is 0 Å². The van der Waals surface area contributed by atoms with Gasteiger partial charge in [0.05, 0.1) is 0 Å². The first kappa shape index (κ1) is 29.7. The number of hydrogen-bond donors (Lipinski definition) is 0. The van der Waals surface area contributed by atoms with E-state index in [9.17, 15) is 0 Å². The third-order valence-corrected chi connectivity index (χ3v) is 0. The molecule has 0 aliphatic rings. The molecule has 0 spiro atoms. The molecule has 0 fully saturated rings. The van der Waals surface area contributed by atoms with Gasteiger partial charge in [0.25, 0.3) is 0 Å². The van der Waals surface area contributed by atoms with Gasteiger partial charge in [-0.3, -0.25) is 0 Å². The van der Waals surface area contributed by atoms with E-state index >= 15 is 0 Å². The SMILES string of the molecule is [Mn+2].[N-]=C=S.[N-]=C=S.[N-]=C=S.[Na+]. The molecule has 0 rings (SSSR count). The van der Waals surface area contributed by atoms with Crippen molar-refractivity contribution in [3.8, 4) is 0 Å². The van der Waals surface area contributed by atoms with Gasteiger partial charge in [0.2, 0.25) is 0 Å². The molecule has 53 valence electrons. The molecule has 1 radical (unpaired) electrons. The normalized spacial score (nSPS) is 2.18. The Kier molecular flexibility index (Phi) is 189. The second kappa shape index (κ2) is 69.9. The van der Waals surface area contributed by atoms with Gasteiger partial charge < -0.3 is 16.2 Å². The molecule has 0 aromatic rings. The van der Waals surface area contributed by atoms with Crippen molar-refractivity contribution < 1.29 is 46.6 Å². The Morgan fingerprint density at radius 1 is 0.727 bits per heavy atom. The zero-order valence-electron chi connectivity index (χ0n) is 5.44. The van der Waals surface area contributed by atoms with Crippen LogP contribution in [0.25, 0.3) is 16.2 Å². The third kappa shape index (κ3) is 1030. The Hall–Kier alpha value is 0.919. The summed E-state index contributed by atoms with van der Waals surface area (Å²) >= 11 is 11.1. The molecule has 0 heterocycles. The molecule has 0 bridgehead atoms. The summed E-state index contributed by atoms with van der Waals surface area (Å²) in [4.78, 5) is 0. The van der Waals surface area contributed by atoms with Gasteiger partial charge in [0.1, 0.15) is 0 Å². The number of thiocarbonyl (C=S) groups is 3. The Bertz CT molecular complexity index is 115. The molecular formula is C3MnN3NaS3. The van der Waals surface area contributed by atoms with Gasteiger partial charge in [-0.05, 0) is 0 Å². The van der Waals surface area contributed by atoms with E-state index < -0.39 is 0 Å². The summed E-state index contributed by atoms with van der Waals surface area (Å²) in [6, 6.07) is 0. The monoisotopic (exact) mass is 252 g/mol. The van der Waals surface area contributed by atoms with Gasteiger partial charge >= 0.3 is 46.6 Å². The first-order valence-corrected chi connectivity index (χ1v) is 2.51. The zero-order chi connectivity index (χ0) is 8.12. The van der Waals surface area contributed by atoms with Crippen LogP contribution in [0.1, 0.15) is 0 Å². The van der Waals surface area contributed by atoms with Gasteiger partial charge in [-0.1, -0.05) is 36.7 Å². The fourth-order valence-electron chi connectivity index (χ4n) is 0. The maximum atomic E-state index is 7.13. The summed E-state index contributed by atoms with van der Waals surface area (Å²) in [5.41, 5.74) is 0. The van der Waals surface area contributed by atoms with E-state index in [1.54, 1.807) is 0 Å². The Morgan fingerprint density at radius 3 is 0.727 bits per heavy atom. The van der Waals surface area contributed by atoms with Gasteiger partial charge in [-0.2, -0.15) is 15.5 Å². The summed E-state index contributed by atoms with van der Waals surface area (Å²) in [6.45, 7) is 0. The van der Waals surface area contributed by atoms with E-state index in [-0.39, 0.29) is 46.6 Å². The number of isothiocyanates is 3. The van der Waals surface area contributed by atoms with Crippen LogP contribution in [0.15, 0.2) is 0 Å². The fourth-order valence-corrected chi connectivity index (χ4v) is 0. The first-order chi connectivity index (χ1) is 4.24. The molecule has 3 nitrogen and oxygen atoms in total. The number of nitrogens with zero attached hydrogens (tertiary/aromatic N) is 3. The van der Waals surface area contributed by atoms with Crippen LogP contribution in [-0.2, 0) is 17.1 Å². The summed E-state index contributed by atoms with van der Waals surface area (Å²) in [5, 5.41) is 25.4. The number of hydrogen-bond acceptors (Lipinski definition) is 3.